The monoisotopic (exact) mass is 366 g/mol. The van der Waals surface area contributed by atoms with Crippen LogP contribution < -0.4 is 10.0 Å². The van der Waals surface area contributed by atoms with Gasteiger partial charge in [0.2, 0.25) is 10.0 Å². The van der Waals surface area contributed by atoms with Crippen LogP contribution in [0.5, 0.6) is 0 Å². The van der Waals surface area contributed by atoms with Crippen molar-refractivity contribution in [2.75, 3.05) is 17.8 Å². The molecule has 1 aliphatic heterocycles. The van der Waals surface area contributed by atoms with E-state index in [2.05, 4.69) is 32.6 Å². The van der Waals surface area contributed by atoms with Crippen molar-refractivity contribution in [1.29, 1.82) is 0 Å². The van der Waals surface area contributed by atoms with E-state index in [4.69, 9.17) is 0 Å². The maximum Gasteiger partial charge on any atom is 0.236 e. The van der Waals surface area contributed by atoms with Gasteiger partial charge in [-0.2, -0.15) is 0 Å². The first-order valence-corrected chi connectivity index (χ1v) is 8.18. The van der Waals surface area contributed by atoms with Crippen molar-refractivity contribution >= 4 is 38.3 Å². The molecule has 6 heteroatoms. The van der Waals surface area contributed by atoms with Crippen molar-refractivity contribution in [1.82, 2.24) is 5.32 Å². The zero-order chi connectivity index (χ0) is 12.3. The summed E-state index contributed by atoms with van der Waals surface area (Å²) in [6, 6.07) is 7.35. The Hall–Kier alpha value is -0.340. The van der Waals surface area contributed by atoms with Gasteiger partial charge in [-0.05, 0) is 66.2 Å². The van der Waals surface area contributed by atoms with Crippen molar-refractivity contribution in [2.45, 2.75) is 18.1 Å². The molecule has 1 fully saturated rings. The van der Waals surface area contributed by atoms with Crippen molar-refractivity contribution < 1.29 is 8.42 Å². The molecule has 0 aromatic heterocycles. The van der Waals surface area contributed by atoms with Crippen LogP contribution in [0.25, 0.3) is 0 Å². The van der Waals surface area contributed by atoms with Crippen molar-refractivity contribution in [3.63, 3.8) is 0 Å². The second-order valence-corrected chi connectivity index (χ2v) is 7.33. The van der Waals surface area contributed by atoms with Crippen LogP contribution in [0, 0.1) is 3.57 Å². The fourth-order valence-corrected chi connectivity index (χ4v) is 3.66. The number of hydrogen-bond donors (Lipinski definition) is 2. The van der Waals surface area contributed by atoms with Crippen LogP contribution in [-0.4, -0.2) is 26.8 Å². The number of anilines is 1. The van der Waals surface area contributed by atoms with Gasteiger partial charge in [-0.15, -0.1) is 0 Å². The van der Waals surface area contributed by atoms with Gasteiger partial charge in [0.25, 0.3) is 0 Å². The molecule has 1 saturated heterocycles. The van der Waals surface area contributed by atoms with Crippen LogP contribution in [0.1, 0.15) is 12.8 Å². The number of hydrogen-bond acceptors (Lipinski definition) is 3. The van der Waals surface area contributed by atoms with E-state index in [0.29, 0.717) is 12.2 Å². The molecular formula is C11H15IN2O2S. The van der Waals surface area contributed by atoms with E-state index in [0.717, 1.165) is 23.0 Å². The fraction of sp³-hybridized carbons (Fsp3) is 0.455. The number of nitrogens with one attached hydrogen (secondary N) is 2. The molecular weight excluding hydrogens is 351 g/mol. The summed E-state index contributed by atoms with van der Waals surface area (Å²) in [5.74, 6) is 0. The highest BCUT2D eigenvalue weighted by Crippen LogP contribution is 2.17. The standard InChI is InChI=1S/C11H15IN2O2S/c12-9-3-5-10(6-4-9)14-17(15,16)11-2-1-7-13-8-11/h3-6,11,13-14H,1-2,7-8H2. The summed E-state index contributed by atoms with van der Waals surface area (Å²) < 4.78 is 27.9. The average molecular weight is 366 g/mol. The van der Waals surface area contributed by atoms with Gasteiger partial charge in [0.05, 0.1) is 5.25 Å². The molecule has 1 aliphatic rings. The van der Waals surface area contributed by atoms with Crippen LogP contribution >= 0.6 is 22.6 Å². The van der Waals surface area contributed by atoms with Crippen LogP contribution in [0.15, 0.2) is 24.3 Å². The van der Waals surface area contributed by atoms with Gasteiger partial charge in [-0.3, -0.25) is 4.72 Å². The molecule has 1 aromatic rings. The molecule has 0 saturated carbocycles. The van der Waals surface area contributed by atoms with Crippen LogP contribution in [-0.2, 0) is 10.0 Å². The molecule has 17 heavy (non-hydrogen) atoms. The maximum absolute atomic E-state index is 12.1. The molecule has 4 nitrogen and oxygen atoms in total. The largest absolute Gasteiger partial charge is 0.315 e. The van der Waals surface area contributed by atoms with Crippen molar-refractivity contribution in [3.8, 4) is 0 Å². The normalized spacial score (nSPS) is 21.1. The predicted octanol–water partition coefficient (Wildman–Crippen LogP) is 1.78. The third kappa shape index (κ3) is 3.56. The fourth-order valence-electron chi connectivity index (χ4n) is 1.85. The summed E-state index contributed by atoms with van der Waals surface area (Å²) >= 11 is 2.19. The van der Waals surface area contributed by atoms with E-state index in [1.807, 2.05) is 12.1 Å². The molecule has 0 radical (unpaired) electrons. The van der Waals surface area contributed by atoms with E-state index in [9.17, 15) is 8.42 Å². The Bertz CT molecular complexity index is 467. The minimum atomic E-state index is -3.26. The summed E-state index contributed by atoms with van der Waals surface area (Å²) in [6.07, 6.45) is 1.64. The first-order chi connectivity index (χ1) is 8.08. The molecule has 0 spiro atoms. The Morgan fingerprint density at radius 3 is 2.59 bits per heavy atom. The van der Waals surface area contributed by atoms with Gasteiger partial charge >= 0.3 is 0 Å². The topological polar surface area (TPSA) is 58.2 Å². The van der Waals surface area contributed by atoms with E-state index < -0.39 is 10.0 Å². The zero-order valence-electron chi connectivity index (χ0n) is 9.32. The Labute approximate surface area is 115 Å². The second-order valence-electron chi connectivity index (χ2n) is 4.12. The third-order valence-electron chi connectivity index (χ3n) is 2.79. The number of piperidine rings is 1. The summed E-state index contributed by atoms with van der Waals surface area (Å²) in [5, 5.41) is 2.79. The summed E-state index contributed by atoms with van der Waals surface area (Å²) in [7, 11) is -3.26. The third-order valence-corrected chi connectivity index (χ3v) is 5.31. The summed E-state index contributed by atoms with van der Waals surface area (Å²) in [6.45, 7) is 1.45. The first kappa shape index (κ1) is 13.1. The predicted molar refractivity (Wildman–Crippen MR) is 77.6 cm³/mol. The second kappa shape index (κ2) is 5.53. The smallest absolute Gasteiger partial charge is 0.236 e. The van der Waals surface area contributed by atoms with Gasteiger partial charge in [-0.1, -0.05) is 0 Å². The van der Waals surface area contributed by atoms with Gasteiger partial charge in [0.15, 0.2) is 0 Å². The van der Waals surface area contributed by atoms with Crippen molar-refractivity contribution in [3.05, 3.63) is 27.8 Å². The Balaban J connectivity index is 2.08. The molecule has 1 heterocycles. The summed E-state index contributed by atoms with van der Waals surface area (Å²) in [5.41, 5.74) is 0.635. The molecule has 1 atom stereocenters. The number of benzene rings is 1. The lowest BCUT2D eigenvalue weighted by Crippen LogP contribution is -2.41. The lowest BCUT2D eigenvalue weighted by molar-refractivity contribution is 0.499. The van der Waals surface area contributed by atoms with E-state index >= 15 is 0 Å². The van der Waals surface area contributed by atoms with Gasteiger partial charge in [0.1, 0.15) is 0 Å². The van der Waals surface area contributed by atoms with Crippen LogP contribution in [0.3, 0.4) is 0 Å². The van der Waals surface area contributed by atoms with Gasteiger partial charge in [0, 0.05) is 15.8 Å². The molecule has 1 unspecified atom stereocenters. The van der Waals surface area contributed by atoms with Gasteiger partial charge in [-0.25, -0.2) is 8.42 Å². The Kier molecular flexibility index (Phi) is 4.26. The van der Waals surface area contributed by atoms with E-state index in [1.165, 1.54) is 0 Å². The molecule has 1 aromatic carbocycles. The molecule has 0 bridgehead atoms. The summed E-state index contributed by atoms with van der Waals surface area (Å²) in [4.78, 5) is 0. The minimum absolute atomic E-state index is 0.324. The highest BCUT2D eigenvalue weighted by Gasteiger charge is 2.26. The van der Waals surface area contributed by atoms with E-state index in [1.54, 1.807) is 12.1 Å². The number of halogens is 1. The highest BCUT2D eigenvalue weighted by molar-refractivity contribution is 14.1. The highest BCUT2D eigenvalue weighted by atomic mass is 127. The molecule has 2 N–H and O–H groups in total. The molecule has 0 aliphatic carbocycles. The zero-order valence-corrected chi connectivity index (χ0v) is 12.3. The molecule has 0 amide bonds. The SMILES string of the molecule is O=S(=O)(Nc1ccc(I)cc1)C1CCCNC1. The Morgan fingerprint density at radius 1 is 1.29 bits per heavy atom. The Morgan fingerprint density at radius 2 is 2.00 bits per heavy atom. The quantitative estimate of drug-likeness (QED) is 0.802. The number of sulfonamides is 1. The molecule has 2 rings (SSSR count). The minimum Gasteiger partial charge on any atom is -0.315 e. The lowest BCUT2D eigenvalue weighted by atomic mass is 10.2. The first-order valence-electron chi connectivity index (χ1n) is 5.56. The number of rotatable bonds is 3. The van der Waals surface area contributed by atoms with Crippen molar-refractivity contribution in [2.24, 2.45) is 0 Å². The van der Waals surface area contributed by atoms with E-state index in [-0.39, 0.29) is 5.25 Å². The average Bonchev–Trinajstić information content (AvgIpc) is 2.33. The lowest BCUT2D eigenvalue weighted by Gasteiger charge is -2.23. The van der Waals surface area contributed by atoms with Crippen LogP contribution in [0.4, 0.5) is 5.69 Å². The maximum atomic E-state index is 12.1. The van der Waals surface area contributed by atoms with Gasteiger partial charge < -0.3 is 5.32 Å². The van der Waals surface area contributed by atoms with Crippen LogP contribution in [0.2, 0.25) is 0 Å². The molecule has 94 valence electrons.